The van der Waals surface area contributed by atoms with Crippen LogP contribution in [0.5, 0.6) is 0 Å². The summed E-state index contributed by atoms with van der Waals surface area (Å²) in [6.45, 7) is 3.60. The highest BCUT2D eigenvalue weighted by molar-refractivity contribution is 7.15. The molecule has 0 unspecified atom stereocenters. The van der Waals surface area contributed by atoms with Crippen molar-refractivity contribution in [2.45, 2.75) is 19.9 Å². The standard InChI is InChI=1S/C20H16N4O3S/c1-11(13-6-4-3-5-7-13)24-18(26)15-9-8-14(10-16(15)19(24)27)17(25)21-20-23-22-12(2)28-20/h3-11H,1-2H3,(H,21,23,25)/t11-/m1/s1. The summed E-state index contributed by atoms with van der Waals surface area (Å²) >= 11 is 1.26. The van der Waals surface area contributed by atoms with Gasteiger partial charge in [-0.3, -0.25) is 24.6 Å². The molecule has 0 aliphatic carbocycles. The van der Waals surface area contributed by atoms with E-state index in [0.29, 0.717) is 10.7 Å². The zero-order chi connectivity index (χ0) is 19.8. The van der Waals surface area contributed by atoms with E-state index in [1.165, 1.54) is 34.4 Å². The molecule has 2 heterocycles. The largest absolute Gasteiger partial charge is 0.296 e. The average molecular weight is 392 g/mol. The number of hydrogen-bond acceptors (Lipinski definition) is 6. The number of rotatable bonds is 4. The normalized spacial score (nSPS) is 14.1. The first kappa shape index (κ1) is 18.0. The molecule has 8 heteroatoms. The van der Waals surface area contributed by atoms with E-state index in [-0.39, 0.29) is 17.0 Å². The van der Waals surface area contributed by atoms with Gasteiger partial charge in [-0.1, -0.05) is 41.7 Å². The number of carbonyl (C=O) groups is 3. The van der Waals surface area contributed by atoms with Crippen LogP contribution in [0.3, 0.4) is 0 Å². The summed E-state index contributed by atoms with van der Waals surface area (Å²) in [5, 5.41) is 11.5. The van der Waals surface area contributed by atoms with Crippen molar-refractivity contribution in [1.29, 1.82) is 0 Å². The van der Waals surface area contributed by atoms with Crippen molar-refractivity contribution in [3.8, 4) is 0 Å². The number of carbonyl (C=O) groups excluding carboxylic acids is 3. The van der Waals surface area contributed by atoms with Crippen LogP contribution in [0.4, 0.5) is 5.13 Å². The van der Waals surface area contributed by atoms with E-state index in [1.54, 1.807) is 6.92 Å². The number of imide groups is 1. The minimum atomic E-state index is -0.409. The lowest BCUT2D eigenvalue weighted by Crippen LogP contribution is -2.32. The molecule has 4 rings (SSSR count). The third kappa shape index (κ3) is 3.07. The van der Waals surface area contributed by atoms with E-state index in [1.807, 2.05) is 37.3 Å². The van der Waals surface area contributed by atoms with Gasteiger partial charge in [0.2, 0.25) is 5.13 Å². The van der Waals surface area contributed by atoms with Crippen molar-refractivity contribution < 1.29 is 14.4 Å². The van der Waals surface area contributed by atoms with Crippen molar-refractivity contribution in [1.82, 2.24) is 15.1 Å². The van der Waals surface area contributed by atoms with E-state index >= 15 is 0 Å². The lowest BCUT2D eigenvalue weighted by molar-refractivity contribution is 0.0595. The molecule has 0 bridgehead atoms. The maximum absolute atomic E-state index is 12.9. The molecular weight excluding hydrogens is 376 g/mol. The molecule has 28 heavy (non-hydrogen) atoms. The lowest BCUT2D eigenvalue weighted by atomic mass is 10.1. The van der Waals surface area contributed by atoms with Gasteiger partial charge in [0.25, 0.3) is 17.7 Å². The lowest BCUT2D eigenvalue weighted by Gasteiger charge is -2.22. The summed E-state index contributed by atoms with van der Waals surface area (Å²) < 4.78 is 0. The molecule has 3 amide bonds. The number of nitrogens with zero attached hydrogens (tertiary/aromatic N) is 3. The Morgan fingerprint density at radius 3 is 2.43 bits per heavy atom. The molecule has 3 aromatic rings. The molecule has 0 saturated carbocycles. The van der Waals surface area contributed by atoms with Gasteiger partial charge in [0.05, 0.1) is 17.2 Å². The Morgan fingerprint density at radius 2 is 1.75 bits per heavy atom. The van der Waals surface area contributed by atoms with Crippen LogP contribution in [0.15, 0.2) is 48.5 Å². The monoisotopic (exact) mass is 392 g/mol. The van der Waals surface area contributed by atoms with Gasteiger partial charge in [0, 0.05) is 5.56 Å². The Labute approximate surface area is 165 Å². The van der Waals surface area contributed by atoms with Crippen LogP contribution in [0, 0.1) is 6.92 Å². The molecule has 1 aliphatic heterocycles. The highest BCUT2D eigenvalue weighted by Crippen LogP contribution is 2.31. The minimum absolute atomic E-state index is 0.230. The number of aryl methyl sites for hydroxylation is 1. The van der Waals surface area contributed by atoms with Crippen LogP contribution in [0.2, 0.25) is 0 Å². The van der Waals surface area contributed by atoms with E-state index in [9.17, 15) is 14.4 Å². The van der Waals surface area contributed by atoms with Crippen LogP contribution in [0.1, 0.15) is 54.6 Å². The van der Waals surface area contributed by atoms with Gasteiger partial charge < -0.3 is 0 Å². The second kappa shape index (κ2) is 6.97. The quantitative estimate of drug-likeness (QED) is 0.687. The fraction of sp³-hybridized carbons (Fsp3) is 0.150. The van der Waals surface area contributed by atoms with Gasteiger partial charge in [-0.25, -0.2) is 0 Å². The SMILES string of the molecule is Cc1nnc(NC(=O)c2ccc3c(c2)C(=O)N([C@H](C)c2ccccc2)C3=O)s1. The van der Waals surface area contributed by atoms with E-state index < -0.39 is 17.9 Å². The van der Waals surface area contributed by atoms with Crippen molar-refractivity contribution in [3.05, 3.63) is 75.8 Å². The molecule has 1 N–H and O–H groups in total. The molecule has 0 saturated heterocycles. The zero-order valence-electron chi connectivity index (χ0n) is 15.2. The van der Waals surface area contributed by atoms with Crippen LogP contribution in [-0.2, 0) is 0 Å². The third-order valence-corrected chi connectivity index (χ3v) is 5.35. The van der Waals surface area contributed by atoms with Gasteiger partial charge in [0.15, 0.2) is 0 Å². The Morgan fingerprint density at radius 1 is 1.04 bits per heavy atom. The Kier molecular flexibility index (Phi) is 4.48. The maximum atomic E-state index is 12.9. The zero-order valence-corrected chi connectivity index (χ0v) is 16.0. The molecule has 0 spiro atoms. The maximum Gasteiger partial charge on any atom is 0.262 e. The Balaban J connectivity index is 1.61. The highest BCUT2D eigenvalue weighted by atomic mass is 32.1. The molecule has 140 valence electrons. The summed E-state index contributed by atoms with van der Waals surface area (Å²) in [6, 6.07) is 13.4. The summed E-state index contributed by atoms with van der Waals surface area (Å²) in [4.78, 5) is 39.4. The predicted octanol–water partition coefficient (Wildman–Crippen LogP) is 3.46. The van der Waals surface area contributed by atoms with Gasteiger partial charge in [-0.2, -0.15) is 0 Å². The van der Waals surface area contributed by atoms with Crippen LogP contribution < -0.4 is 5.32 Å². The summed E-state index contributed by atoms with van der Waals surface area (Å²) in [6.07, 6.45) is 0. The van der Waals surface area contributed by atoms with Crippen LogP contribution >= 0.6 is 11.3 Å². The first-order valence-electron chi connectivity index (χ1n) is 8.64. The van der Waals surface area contributed by atoms with Gasteiger partial charge in [0.1, 0.15) is 5.01 Å². The van der Waals surface area contributed by atoms with Crippen molar-refractivity contribution >= 4 is 34.2 Å². The first-order valence-corrected chi connectivity index (χ1v) is 9.45. The molecule has 0 fully saturated rings. The topological polar surface area (TPSA) is 92.3 Å². The van der Waals surface area contributed by atoms with Crippen molar-refractivity contribution in [2.75, 3.05) is 5.32 Å². The van der Waals surface area contributed by atoms with Crippen molar-refractivity contribution in [2.24, 2.45) is 0 Å². The number of benzene rings is 2. The number of fused-ring (bicyclic) bond motifs is 1. The number of aromatic nitrogens is 2. The first-order chi connectivity index (χ1) is 13.5. The van der Waals surface area contributed by atoms with E-state index in [2.05, 4.69) is 15.5 Å². The Bertz CT molecular complexity index is 1090. The highest BCUT2D eigenvalue weighted by Gasteiger charge is 2.39. The van der Waals surface area contributed by atoms with Crippen LogP contribution in [0.25, 0.3) is 0 Å². The number of amides is 3. The van der Waals surface area contributed by atoms with E-state index in [0.717, 1.165) is 10.6 Å². The van der Waals surface area contributed by atoms with Gasteiger partial charge in [-0.05, 0) is 37.6 Å². The Hall–Kier alpha value is -3.39. The molecule has 1 atom stereocenters. The minimum Gasteiger partial charge on any atom is -0.296 e. The molecule has 2 aromatic carbocycles. The number of nitrogens with one attached hydrogen (secondary N) is 1. The fourth-order valence-corrected chi connectivity index (χ4v) is 3.74. The summed E-state index contributed by atoms with van der Waals surface area (Å²) in [5.74, 6) is -1.17. The second-order valence-corrected chi connectivity index (χ2v) is 7.59. The average Bonchev–Trinajstić information content (AvgIpc) is 3.22. The fourth-order valence-electron chi connectivity index (χ4n) is 3.15. The summed E-state index contributed by atoms with van der Waals surface area (Å²) in [7, 11) is 0. The van der Waals surface area contributed by atoms with E-state index in [4.69, 9.17) is 0 Å². The molecule has 1 aliphatic rings. The molecule has 7 nitrogen and oxygen atoms in total. The predicted molar refractivity (Wildman–Crippen MR) is 104 cm³/mol. The van der Waals surface area contributed by atoms with Gasteiger partial charge >= 0.3 is 0 Å². The molecule has 1 aromatic heterocycles. The molecular formula is C20H16N4O3S. The number of hydrogen-bond donors (Lipinski definition) is 1. The third-order valence-electron chi connectivity index (χ3n) is 4.60. The van der Waals surface area contributed by atoms with Crippen LogP contribution in [-0.4, -0.2) is 32.8 Å². The second-order valence-electron chi connectivity index (χ2n) is 6.41. The molecule has 0 radical (unpaired) electrons. The van der Waals surface area contributed by atoms with Crippen molar-refractivity contribution in [3.63, 3.8) is 0 Å². The number of anilines is 1. The summed E-state index contributed by atoms with van der Waals surface area (Å²) in [5.41, 5.74) is 1.67. The van der Waals surface area contributed by atoms with Gasteiger partial charge in [-0.15, -0.1) is 10.2 Å². The smallest absolute Gasteiger partial charge is 0.262 e.